The Kier molecular flexibility index (Phi) is 6.40. The van der Waals surface area contributed by atoms with Crippen LogP contribution in [0.1, 0.15) is 30.5 Å². The average Bonchev–Trinajstić information content (AvgIpc) is 2.48. The van der Waals surface area contributed by atoms with E-state index in [0.717, 1.165) is 33.9 Å². The number of hydrogen-bond acceptors (Lipinski definition) is 1. The van der Waals surface area contributed by atoms with Crippen molar-refractivity contribution in [2.75, 3.05) is 6.54 Å². The van der Waals surface area contributed by atoms with E-state index in [-0.39, 0.29) is 11.9 Å². The fourth-order valence-corrected chi connectivity index (χ4v) is 3.04. The third-order valence-electron chi connectivity index (χ3n) is 3.33. The summed E-state index contributed by atoms with van der Waals surface area (Å²) in [5, 5.41) is 3.51. The molecule has 0 spiro atoms. The van der Waals surface area contributed by atoms with Gasteiger partial charge in [0, 0.05) is 15.0 Å². The summed E-state index contributed by atoms with van der Waals surface area (Å²) in [7, 11) is 0. The molecule has 0 aromatic heterocycles. The van der Waals surface area contributed by atoms with Crippen molar-refractivity contribution in [1.82, 2.24) is 5.32 Å². The maximum atomic E-state index is 13.6. The van der Waals surface area contributed by atoms with Crippen LogP contribution in [-0.2, 0) is 6.42 Å². The predicted molar refractivity (Wildman–Crippen MR) is 93.0 cm³/mol. The standard InChI is InChI=1S/C17H18Br2FN/c1-2-9-21-17(10-12-3-5-13(18)6-4-12)15-11-14(20)7-8-16(15)19/h3-8,11,17,21H,2,9-10H2,1H3. The molecule has 0 heterocycles. The molecule has 21 heavy (non-hydrogen) atoms. The maximum Gasteiger partial charge on any atom is 0.123 e. The first-order chi connectivity index (χ1) is 10.1. The molecule has 1 atom stereocenters. The zero-order chi connectivity index (χ0) is 15.2. The molecule has 0 aliphatic heterocycles. The molecule has 0 saturated carbocycles. The number of rotatable bonds is 6. The van der Waals surface area contributed by atoms with Crippen LogP contribution < -0.4 is 5.32 Å². The molecule has 0 saturated heterocycles. The summed E-state index contributed by atoms with van der Waals surface area (Å²) >= 11 is 6.98. The second kappa shape index (κ2) is 8.06. The SMILES string of the molecule is CCCNC(Cc1ccc(Br)cc1)c1cc(F)ccc1Br. The van der Waals surface area contributed by atoms with Crippen LogP contribution in [0.25, 0.3) is 0 Å². The van der Waals surface area contributed by atoms with Crippen molar-refractivity contribution in [3.05, 3.63) is 68.4 Å². The number of halogens is 3. The van der Waals surface area contributed by atoms with Gasteiger partial charge in [-0.1, -0.05) is 50.9 Å². The summed E-state index contributed by atoms with van der Waals surface area (Å²) in [6, 6.07) is 13.2. The normalized spacial score (nSPS) is 12.4. The van der Waals surface area contributed by atoms with E-state index < -0.39 is 0 Å². The van der Waals surface area contributed by atoms with Crippen LogP contribution in [0.15, 0.2) is 51.4 Å². The molecular weight excluding hydrogens is 397 g/mol. The first-order valence-electron chi connectivity index (χ1n) is 7.03. The van der Waals surface area contributed by atoms with Gasteiger partial charge in [-0.25, -0.2) is 4.39 Å². The van der Waals surface area contributed by atoms with Crippen LogP contribution in [0, 0.1) is 5.82 Å². The largest absolute Gasteiger partial charge is 0.310 e. The van der Waals surface area contributed by atoms with Gasteiger partial charge in [0.05, 0.1) is 0 Å². The van der Waals surface area contributed by atoms with Gasteiger partial charge in [0.25, 0.3) is 0 Å². The van der Waals surface area contributed by atoms with Crippen LogP contribution in [0.3, 0.4) is 0 Å². The van der Waals surface area contributed by atoms with Crippen LogP contribution >= 0.6 is 31.9 Å². The number of nitrogens with one attached hydrogen (secondary N) is 1. The molecule has 0 fully saturated rings. The molecule has 0 amide bonds. The van der Waals surface area contributed by atoms with Crippen molar-refractivity contribution in [3.63, 3.8) is 0 Å². The summed E-state index contributed by atoms with van der Waals surface area (Å²) in [4.78, 5) is 0. The molecule has 1 nitrogen and oxygen atoms in total. The monoisotopic (exact) mass is 413 g/mol. The highest BCUT2D eigenvalue weighted by molar-refractivity contribution is 9.10. The Balaban J connectivity index is 2.25. The van der Waals surface area contributed by atoms with E-state index in [2.05, 4.69) is 56.2 Å². The summed E-state index contributed by atoms with van der Waals surface area (Å²) in [6.07, 6.45) is 1.87. The third kappa shape index (κ3) is 4.90. The van der Waals surface area contributed by atoms with Crippen LogP contribution in [-0.4, -0.2) is 6.54 Å². The minimum absolute atomic E-state index is 0.0937. The third-order valence-corrected chi connectivity index (χ3v) is 4.58. The first-order valence-corrected chi connectivity index (χ1v) is 8.61. The van der Waals surface area contributed by atoms with Gasteiger partial charge in [-0.05, 0) is 60.8 Å². The zero-order valence-electron chi connectivity index (χ0n) is 11.9. The topological polar surface area (TPSA) is 12.0 Å². The summed E-state index contributed by atoms with van der Waals surface area (Å²) in [5.41, 5.74) is 2.19. The lowest BCUT2D eigenvalue weighted by Crippen LogP contribution is -2.24. The molecule has 0 radical (unpaired) electrons. The van der Waals surface area contributed by atoms with E-state index in [1.807, 2.05) is 12.1 Å². The van der Waals surface area contributed by atoms with Gasteiger partial charge in [-0.3, -0.25) is 0 Å². The molecule has 1 N–H and O–H groups in total. The smallest absolute Gasteiger partial charge is 0.123 e. The number of benzene rings is 2. The Morgan fingerprint density at radius 1 is 1.10 bits per heavy atom. The van der Waals surface area contributed by atoms with Gasteiger partial charge in [0.15, 0.2) is 0 Å². The fourth-order valence-electron chi connectivity index (χ4n) is 2.25. The van der Waals surface area contributed by atoms with Crippen molar-refractivity contribution < 1.29 is 4.39 Å². The van der Waals surface area contributed by atoms with Crippen molar-refractivity contribution >= 4 is 31.9 Å². The molecule has 2 aromatic carbocycles. The van der Waals surface area contributed by atoms with E-state index in [1.54, 1.807) is 12.1 Å². The predicted octanol–water partition coefficient (Wildman–Crippen LogP) is 5.63. The molecule has 2 aromatic rings. The molecule has 2 rings (SSSR count). The van der Waals surface area contributed by atoms with Crippen LogP contribution in [0.5, 0.6) is 0 Å². The molecule has 1 unspecified atom stereocenters. The van der Waals surface area contributed by atoms with E-state index >= 15 is 0 Å². The minimum Gasteiger partial charge on any atom is -0.310 e. The maximum absolute atomic E-state index is 13.6. The highest BCUT2D eigenvalue weighted by Crippen LogP contribution is 2.27. The van der Waals surface area contributed by atoms with Gasteiger partial charge in [-0.15, -0.1) is 0 Å². The Labute approximate surface area is 142 Å². The Morgan fingerprint density at radius 2 is 1.81 bits per heavy atom. The van der Waals surface area contributed by atoms with Crippen molar-refractivity contribution in [2.45, 2.75) is 25.8 Å². The highest BCUT2D eigenvalue weighted by Gasteiger charge is 2.15. The lowest BCUT2D eigenvalue weighted by atomic mass is 9.98. The summed E-state index contributed by atoms with van der Waals surface area (Å²) in [6.45, 7) is 3.04. The van der Waals surface area contributed by atoms with Gasteiger partial charge in [0.1, 0.15) is 5.82 Å². The molecule has 0 aliphatic carbocycles. The number of hydrogen-bond donors (Lipinski definition) is 1. The molecule has 112 valence electrons. The van der Waals surface area contributed by atoms with Crippen molar-refractivity contribution in [1.29, 1.82) is 0 Å². The second-order valence-corrected chi connectivity index (χ2v) is 6.77. The molecule has 0 aliphatic rings. The molecular formula is C17H18Br2FN. The summed E-state index contributed by atoms with van der Waals surface area (Å²) in [5.74, 6) is -0.202. The van der Waals surface area contributed by atoms with Crippen molar-refractivity contribution in [2.24, 2.45) is 0 Å². The minimum atomic E-state index is -0.202. The average molecular weight is 415 g/mol. The van der Waals surface area contributed by atoms with Gasteiger partial charge < -0.3 is 5.32 Å². The van der Waals surface area contributed by atoms with E-state index in [4.69, 9.17) is 0 Å². The molecule has 0 bridgehead atoms. The van der Waals surface area contributed by atoms with Gasteiger partial charge >= 0.3 is 0 Å². The first kappa shape index (κ1) is 16.7. The zero-order valence-corrected chi connectivity index (χ0v) is 15.0. The second-order valence-electron chi connectivity index (χ2n) is 5.00. The van der Waals surface area contributed by atoms with Crippen LogP contribution in [0.2, 0.25) is 0 Å². The lowest BCUT2D eigenvalue weighted by molar-refractivity contribution is 0.522. The summed E-state index contributed by atoms with van der Waals surface area (Å²) < 4.78 is 15.6. The van der Waals surface area contributed by atoms with Crippen molar-refractivity contribution in [3.8, 4) is 0 Å². The Bertz CT molecular complexity index is 584. The Morgan fingerprint density at radius 3 is 2.48 bits per heavy atom. The van der Waals surface area contributed by atoms with Gasteiger partial charge in [-0.2, -0.15) is 0 Å². The molecule has 4 heteroatoms. The lowest BCUT2D eigenvalue weighted by Gasteiger charge is -2.21. The fraction of sp³-hybridized carbons (Fsp3) is 0.294. The van der Waals surface area contributed by atoms with E-state index in [0.29, 0.717) is 0 Å². The van der Waals surface area contributed by atoms with Gasteiger partial charge in [0.2, 0.25) is 0 Å². The van der Waals surface area contributed by atoms with E-state index in [9.17, 15) is 4.39 Å². The Hall–Kier alpha value is -0.710. The highest BCUT2D eigenvalue weighted by atomic mass is 79.9. The van der Waals surface area contributed by atoms with Crippen LogP contribution in [0.4, 0.5) is 4.39 Å². The van der Waals surface area contributed by atoms with E-state index in [1.165, 1.54) is 11.6 Å². The quantitative estimate of drug-likeness (QED) is 0.645.